The van der Waals surface area contributed by atoms with Crippen LogP contribution >= 0.6 is 0 Å². The van der Waals surface area contributed by atoms with Crippen LogP contribution in [0.4, 0.5) is 5.69 Å². The van der Waals surface area contributed by atoms with Crippen LogP contribution in [-0.2, 0) is 10.2 Å². The van der Waals surface area contributed by atoms with Crippen LogP contribution in [-0.4, -0.2) is 11.1 Å². The van der Waals surface area contributed by atoms with Crippen molar-refractivity contribution in [2.75, 3.05) is 5.73 Å². The number of carboxylic acids is 1. The standard InChI is InChI=1S/C12H15NO2/c1-7-4-3-5-9(10(7)13)12(11(14)15)6-8(12)2/h3-5,8H,6,13H2,1-2H3,(H,14,15). The number of nitrogen functional groups attached to an aromatic ring is 1. The molecule has 2 unspecified atom stereocenters. The Balaban J connectivity index is 2.55. The van der Waals surface area contributed by atoms with Gasteiger partial charge in [-0.1, -0.05) is 25.1 Å². The van der Waals surface area contributed by atoms with Crippen molar-refractivity contribution < 1.29 is 9.90 Å². The first-order valence-corrected chi connectivity index (χ1v) is 5.09. The quantitative estimate of drug-likeness (QED) is 0.725. The first-order chi connectivity index (χ1) is 7.00. The summed E-state index contributed by atoms with van der Waals surface area (Å²) in [4.78, 5) is 11.3. The van der Waals surface area contributed by atoms with Crippen LogP contribution < -0.4 is 5.73 Å². The van der Waals surface area contributed by atoms with Crippen LogP contribution in [0.15, 0.2) is 18.2 Å². The summed E-state index contributed by atoms with van der Waals surface area (Å²) in [6.45, 7) is 3.86. The molecule has 0 spiro atoms. The van der Waals surface area contributed by atoms with E-state index in [2.05, 4.69) is 0 Å². The van der Waals surface area contributed by atoms with Gasteiger partial charge in [0.05, 0.1) is 5.41 Å². The second kappa shape index (κ2) is 2.99. The number of hydrogen-bond acceptors (Lipinski definition) is 2. The number of rotatable bonds is 2. The zero-order chi connectivity index (χ0) is 11.2. The van der Waals surface area contributed by atoms with E-state index in [9.17, 15) is 9.90 Å². The van der Waals surface area contributed by atoms with E-state index in [0.29, 0.717) is 12.1 Å². The van der Waals surface area contributed by atoms with Crippen molar-refractivity contribution in [1.82, 2.24) is 0 Å². The molecule has 3 heteroatoms. The SMILES string of the molecule is Cc1cccc(C2(C(=O)O)CC2C)c1N. The molecule has 3 N–H and O–H groups in total. The summed E-state index contributed by atoms with van der Waals surface area (Å²) in [5, 5.41) is 9.29. The van der Waals surface area contributed by atoms with E-state index < -0.39 is 11.4 Å². The molecule has 15 heavy (non-hydrogen) atoms. The first-order valence-electron chi connectivity index (χ1n) is 5.09. The Morgan fingerprint density at radius 2 is 2.20 bits per heavy atom. The van der Waals surface area contributed by atoms with Gasteiger partial charge in [0.25, 0.3) is 0 Å². The highest BCUT2D eigenvalue weighted by Gasteiger charge is 2.59. The molecule has 0 aromatic heterocycles. The molecule has 3 nitrogen and oxygen atoms in total. The summed E-state index contributed by atoms with van der Waals surface area (Å²) >= 11 is 0. The zero-order valence-corrected chi connectivity index (χ0v) is 8.95. The van der Waals surface area contributed by atoms with Gasteiger partial charge in [0, 0.05) is 5.69 Å². The average molecular weight is 205 g/mol. The van der Waals surface area contributed by atoms with Crippen molar-refractivity contribution in [3.05, 3.63) is 29.3 Å². The molecule has 1 saturated carbocycles. The van der Waals surface area contributed by atoms with Crippen molar-refractivity contribution in [2.24, 2.45) is 5.92 Å². The minimum atomic E-state index is -0.757. The highest BCUT2D eigenvalue weighted by Crippen LogP contribution is 2.56. The first kappa shape index (κ1) is 10.0. The van der Waals surface area contributed by atoms with E-state index in [0.717, 1.165) is 11.1 Å². The minimum absolute atomic E-state index is 0.180. The van der Waals surface area contributed by atoms with E-state index in [4.69, 9.17) is 5.73 Å². The Morgan fingerprint density at radius 3 is 2.67 bits per heavy atom. The van der Waals surface area contributed by atoms with E-state index in [-0.39, 0.29) is 5.92 Å². The molecule has 0 aliphatic heterocycles. The van der Waals surface area contributed by atoms with E-state index in [1.54, 1.807) is 0 Å². The van der Waals surface area contributed by atoms with Crippen molar-refractivity contribution in [2.45, 2.75) is 25.7 Å². The minimum Gasteiger partial charge on any atom is -0.481 e. The van der Waals surface area contributed by atoms with Crippen LogP contribution in [0.3, 0.4) is 0 Å². The number of nitrogens with two attached hydrogens (primary N) is 1. The Labute approximate surface area is 88.9 Å². The molecule has 1 aromatic carbocycles. The van der Waals surface area contributed by atoms with E-state index >= 15 is 0 Å². The van der Waals surface area contributed by atoms with Gasteiger partial charge in [0.15, 0.2) is 0 Å². The number of hydrogen-bond donors (Lipinski definition) is 2. The molecule has 2 rings (SSSR count). The van der Waals surface area contributed by atoms with Gasteiger partial charge in [-0.2, -0.15) is 0 Å². The molecule has 0 bridgehead atoms. The largest absolute Gasteiger partial charge is 0.481 e. The molecule has 1 aliphatic carbocycles. The lowest BCUT2D eigenvalue weighted by Gasteiger charge is -2.15. The van der Waals surface area contributed by atoms with Gasteiger partial charge in [0.2, 0.25) is 0 Å². The van der Waals surface area contributed by atoms with Gasteiger partial charge in [-0.05, 0) is 30.4 Å². The Bertz CT molecular complexity index is 428. The molecular formula is C12H15NO2. The van der Waals surface area contributed by atoms with Crippen molar-refractivity contribution in [3.8, 4) is 0 Å². The molecule has 1 aromatic rings. The lowest BCUT2D eigenvalue weighted by atomic mass is 9.90. The fourth-order valence-corrected chi connectivity index (χ4v) is 2.28. The number of anilines is 1. The van der Waals surface area contributed by atoms with Crippen LogP contribution in [0.5, 0.6) is 0 Å². The summed E-state index contributed by atoms with van der Waals surface area (Å²) in [6.07, 6.45) is 0.690. The number of carbonyl (C=O) groups is 1. The molecule has 1 fully saturated rings. The Kier molecular flexibility index (Phi) is 2.00. The van der Waals surface area contributed by atoms with Gasteiger partial charge in [-0.25, -0.2) is 0 Å². The number of aryl methyl sites for hydroxylation is 1. The van der Waals surface area contributed by atoms with Crippen LogP contribution in [0.25, 0.3) is 0 Å². The molecule has 2 atom stereocenters. The van der Waals surface area contributed by atoms with Crippen molar-refractivity contribution in [3.63, 3.8) is 0 Å². The molecule has 0 radical (unpaired) electrons. The Morgan fingerprint density at radius 1 is 1.60 bits per heavy atom. The highest BCUT2D eigenvalue weighted by atomic mass is 16.4. The maximum atomic E-state index is 11.3. The summed E-state index contributed by atoms with van der Waals surface area (Å²) in [7, 11) is 0. The normalized spacial score (nSPS) is 28.8. The number of benzene rings is 1. The van der Waals surface area contributed by atoms with E-state index in [1.165, 1.54) is 0 Å². The van der Waals surface area contributed by atoms with Gasteiger partial charge in [-0.3, -0.25) is 4.79 Å². The predicted molar refractivity (Wildman–Crippen MR) is 58.7 cm³/mol. The van der Waals surface area contributed by atoms with Gasteiger partial charge >= 0.3 is 5.97 Å². The molecule has 1 aliphatic rings. The molecule has 80 valence electrons. The van der Waals surface area contributed by atoms with Crippen molar-refractivity contribution in [1.29, 1.82) is 0 Å². The highest BCUT2D eigenvalue weighted by molar-refractivity contribution is 5.88. The lowest BCUT2D eigenvalue weighted by molar-refractivity contribution is -0.140. The lowest BCUT2D eigenvalue weighted by Crippen LogP contribution is -2.23. The molecule has 0 amide bonds. The summed E-state index contributed by atoms with van der Waals surface area (Å²) < 4.78 is 0. The fourth-order valence-electron chi connectivity index (χ4n) is 2.28. The third kappa shape index (κ3) is 1.23. The number of aliphatic carboxylic acids is 1. The van der Waals surface area contributed by atoms with Gasteiger partial charge in [0.1, 0.15) is 0 Å². The van der Waals surface area contributed by atoms with Crippen LogP contribution in [0, 0.1) is 12.8 Å². The predicted octanol–water partition coefficient (Wildman–Crippen LogP) is 1.94. The smallest absolute Gasteiger partial charge is 0.314 e. The summed E-state index contributed by atoms with van der Waals surface area (Å²) in [6, 6.07) is 5.61. The Hall–Kier alpha value is -1.51. The van der Waals surface area contributed by atoms with E-state index in [1.807, 2.05) is 32.0 Å². The molecular weight excluding hydrogens is 190 g/mol. The van der Waals surface area contributed by atoms with Gasteiger partial charge < -0.3 is 10.8 Å². The van der Waals surface area contributed by atoms with Gasteiger partial charge in [-0.15, -0.1) is 0 Å². The van der Waals surface area contributed by atoms with Crippen molar-refractivity contribution >= 4 is 11.7 Å². The second-order valence-electron chi connectivity index (χ2n) is 4.42. The third-order valence-corrected chi connectivity index (χ3v) is 3.50. The van der Waals surface area contributed by atoms with Crippen LogP contribution in [0.2, 0.25) is 0 Å². The second-order valence-corrected chi connectivity index (χ2v) is 4.42. The summed E-state index contributed by atoms with van der Waals surface area (Å²) in [5.74, 6) is -0.577. The number of carboxylic acid groups (broad SMARTS) is 1. The maximum Gasteiger partial charge on any atom is 0.314 e. The molecule has 0 saturated heterocycles. The molecule has 0 heterocycles. The fraction of sp³-hybridized carbons (Fsp3) is 0.417. The third-order valence-electron chi connectivity index (χ3n) is 3.50. The van der Waals surface area contributed by atoms with Crippen LogP contribution in [0.1, 0.15) is 24.5 Å². The topological polar surface area (TPSA) is 63.3 Å². The maximum absolute atomic E-state index is 11.3. The average Bonchev–Trinajstić information content (AvgIpc) is 2.83. The zero-order valence-electron chi connectivity index (χ0n) is 8.95. The monoisotopic (exact) mass is 205 g/mol. The summed E-state index contributed by atoms with van der Waals surface area (Å²) in [5.41, 5.74) is 7.58. The number of para-hydroxylation sites is 1.